The van der Waals surface area contributed by atoms with Crippen LogP contribution in [0, 0.1) is 6.92 Å². The molecule has 2 rings (SSSR count). The lowest BCUT2D eigenvalue weighted by Crippen LogP contribution is -2.52. The van der Waals surface area contributed by atoms with Crippen LogP contribution in [-0.4, -0.2) is 56.3 Å². The van der Waals surface area contributed by atoms with E-state index in [1.54, 1.807) is 18.2 Å². The number of amides is 2. The maximum Gasteiger partial charge on any atom is 0.244 e. The maximum atomic E-state index is 13.7. The van der Waals surface area contributed by atoms with E-state index in [2.05, 4.69) is 5.32 Å². The lowest BCUT2D eigenvalue weighted by atomic mass is 10.1. The fourth-order valence-corrected chi connectivity index (χ4v) is 4.73. The van der Waals surface area contributed by atoms with Crippen LogP contribution in [0.4, 0.5) is 5.69 Å². The zero-order valence-corrected chi connectivity index (χ0v) is 22.6. The van der Waals surface area contributed by atoms with Crippen molar-refractivity contribution in [1.29, 1.82) is 0 Å². The Hall–Kier alpha value is -3.20. The van der Waals surface area contributed by atoms with Crippen molar-refractivity contribution in [3.63, 3.8) is 0 Å². The van der Waals surface area contributed by atoms with Gasteiger partial charge in [-0.1, -0.05) is 56.7 Å². The first kappa shape index (κ1) is 29.0. The molecule has 0 aliphatic carbocycles. The monoisotopic (exact) mass is 515 g/mol. The van der Waals surface area contributed by atoms with Crippen molar-refractivity contribution in [2.45, 2.75) is 59.5 Å². The molecule has 1 N–H and O–H groups in total. The summed E-state index contributed by atoms with van der Waals surface area (Å²) in [5.41, 5.74) is 2.39. The highest BCUT2D eigenvalue weighted by atomic mass is 32.2. The average molecular weight is 516 g/mol. The van der Waals surface area contributed by atoms with E-state index >= 15 is 0 Å². The van der Waals surface area contributed by atoms with E-state index in [4.69, 9.17) is 0 Å². The average Bonchev–Trinajstić information content (AvgIpc) is 2.83. The summed E-state index contributed by atoms with van der Waals surface area (Å²) in [7, 11) is -3.87. The third-order valence-corrected chi connectivity index (χ3v) is 7.18. The van der Waals surface area contributed by atoms with E-state index in [-0.39, 0.29) is 23.9 Å². The Labute approximate surface area is 214 Å². The quantitative estimate of drug-likeness (QED) is 0.324. The van der Waals surface area contributed by atoms with Gasteiger partial charge in [0.2, 0.25) is 21.8 Å². The number of nitrogens with one attached hydrogen (secondary N) is 1. The van der Waals surface area contributed by atoms with Gasteiger partial charge in [-0.25, -0.2) is 8.42 Å². The Balaban J connectivity index is 2.45. The summed E-state index contributed by atoms with van der Waals surface area (Å²) < 4.78 is 26.4. The molecule has 0 aromatic heterocycles. The summed E-state index contributed by atoms with van der Waals surface area (Å²) in [6.45, 7) is 7.34. The number of hydrogen-bond donors (Lipinski definition) is 1. The largest absolute Gasteiger partial charge is 0.354 e. The lowest BCUT2D eigenvalue weighted by molar-refractivity contribution is -0.140. The molecular formula is C27H37N3O5S. The number of rotatable bonds is 13. The molecule has 0 aliphatic heterocycles. The molecule has 0 radical (unpaired) electrons. The zero-order valence-electron chi connectivity index (χ0n) is 21.8. The van der Waals surface area contributed by atoms with Gasteiger partial charge in [-0.2, -0.15) is 0 Å². The van der Waals surface area contributed by atoms with Crippen LogP contribution in [0.15, 0.2) is 48.5 Å². The van der Waals surface area contributed by atoms with Gasteiger partial charge < -0.3 is 10.2 Å². The molecule has 36 heavy (non-hydrogen) atoms. The Morgan fingerprint density at radius 3 is 2.31 bits per heavy atom. The van der Waals surface area contributed by atoms with Crippen LogP contribution in [-0.2, 0) is 26.2 Å². The Morgan fingerprint density at radius 1 is 1.03 bits per heavy atom. The number of Topliss-reactive ketones (excluding diaryl/α,β-unsaturated/α-hetero) is 1. The molecule has 1 atom stereocenters. The minimum atomic E-state index is -3.87. The first-order valence-corrected chi connectivity index (χ1v) is 14.0. The van der Waals surface area contributed by atoms with E-state index in [1.165, 1.54) is 17.9 Å². The second-order valence-corrected chi connectivity index (χ2v) is 10.8. The van der Waals surface area contributed by atoms with E-state index < -0.39 is 28.5 Å². The summed E-state index contributed by atoms with van der Waals surface area (Å²) in [5.74, 6) is -0.987. The normalized spacial score (nSPS) is 12.0. The molecule has 0 heterocycles. The minimum absolute atomic E-state index is 0.163. The lowest BCUT2D eigenvalue weighted by Gasteiger charge is -2.33. The van der Waals surface area contributed by atoms with Crippen molar-refractivity contribution in [2.75, 3.05) is 23.7 Å². The molecule has 0 bridgehead atoms. The van der Waals surface area contributed by atoms with E-state index in [9.17, 15) is 22.8 Å². The topological polar surface area (TPSA) is 104 Å². The van der Waals surface area contributed by atoms with Crippen LogP contribution in [0.5, 0.6) is 0 Å². The Bertz CT molecular complexity index is 1180. The molecular weight excluding hydrogens is 478 g/mol. The molecule has 8 nitrogen and oxygen atoms in total. The van der Waals surface area contributed by atoms with Gasteiger partial charge in [0.25, 0.3) is 0 Å². The van der Waals surface area contributed by atoms with E-state index in [0.29, 0.717) is 18.5 Å². The fraction of sp³-hybridized carbons (Fsp3) is 0.444. The van der Waals surface area contributed by atoms with Gasteiger partial charge in [0, 0.05) is 18.7 Å². The molecule has 9 heteroatoms. The smallest absolute Gasteiger partial charge is 0.244 e. The number of anilines is 1. The van der Waals surface area contributed by atoms with Crippen molar-refractivity contribution < 1.29 is 22.8 Å². The number of ketones is 1. The minimum Gasteiger partial charge on any atom is -0.354 e. The van der Waals surface area contributed by atoms with Crippen LogP contribution in [0.25, 0.3) is 0 Å². The number of unbranched alkanes of at least 4 members (excludes halogenated alkanes) is 1. The van der Waals surface area contributed by atoms with Crippen LogP contribution in [0.1, 0.15) is 61.5 Å². The number of carbonyl (C=O) groups excluding carboxylic acids is 3. The first-order chi connectivity index (χ1) is 17.0. The molecule has 0 saturated heterocycles. The van der Waals surface area contributed by atoms with Gasteiger partial charge in [-0.15, -0.1) is 0 Å². The third-order valence-electron chi connectivity index (χ3n) is 6.04. The van der Waals surface area contributed by atoms with Crippen molar-refractivity contribution in [3.05, 3.63) is 65.2 Å². The molecule has 0 spiro atoms. The van der Waals surface area contributed by atoms with Crippen molar-refractivity contribution in [1.82, 2.24) is 10.2 Å². The molecule has 0 aliphatic rings. The Morgan fingerprint density at radius 2 is 1.72 bits per heavy atom. The highest BCUT2D eigenvalue weighted by Gasteiger charge is 2.32. The molecule has 196 valence electrons. The molecule has 2 aromatic carbocycles. The van der Waals surface area contributed by atoms with Crippen LogP contribution >= 0.6 is 0 Å². The SMILES string of the molecule is CCCCNC(=O)C(CC)N(Cc1ccccc1C)C(=O)CN(c1cccc(C(C)=O)c1)S(C)(=O)=O. The zero-order chi connectivity index (χ0) is 26.9. The molecule has 2 aromatic rings. The number of aryl methyl sites for hydroxylation is 1. The predicted octanol–water partition coefficient (Wildman–Crippen LogP) is 3.69. The second-order valence-electron chi connectivity index (χ2n) is 8.89. The summed E-state index contributed by atoms with van der Waals surface area (Å²) in [6.07, 6.45) is 3.13. The number of sulfonamides is 1. The summed E-state index contributed by atoms with van der Waals surface area (Å²) in [4.78, 5) is 40.1. The first-order valence-electron chi connectivity index (χ1n) is 12.2. The van der Waals surface area contributed by atoms with E-state index in [0.717, 1.165) is 34.5 Å². The van der Waals surface area contributed by atoms with Gasteiger partial charge in [-0.05, 0) is 49.9 Å². The molecule has 2 amide bonds. The predicted molar refractivity (Wildman–Crippen MR) is 142 cm³/mol. The number of nitrogens with zero attached hydrogens (tertiary/aromatic N) is 2. The van der Waals surface area contributed by atoms with Gasteiger partial charge in [-0.3, -0.25) is 18.7 Å². The van der Waals surface area contributed by atoms with Crippen LogP contribution < -0.4 is 9.62 Å². The number of carbonyl (C=O) groups is 3. The Kier molecular flexibility index (Phi) is 10.6. The van der Waals surface area contributed by atoms with Crippen LogP contribution in [0.2, 0.25) is 0 Å². The second kappa shape index (κ2) is 13.2. The highest BCUT2D eigenvalue weighted by molar-refractivity contribution is 7.92. The standard InChI is InChI=1S/C27H37N3O5S/c1-6-8-16-28-27(33)25(7-2)29(18-23-13-10-9-12-20(23)3)26(32)19-30(36(5,34)35)24-15-11-14-22(17-24)21(4)31/h9-15,17,25H,6-8,16,18-19H2,1-5H3,(H,28,33). The summed E-state index contributed by atoms with van der Waals surface area (Å²) in [6, 6.07) is 13.0. The van der Waals surface area contributed by atoms with Gasteiger partial charge in [0.05, 0.1) is 11.9 Å². The summed E-state index contributed by atoms with van der Waals surface area (Å²) in [5, 5.41) is 2.90. The van der Waals surface area contributed by atoms with Crippen LogP contribution in [0.3, 0.4) is 0 Å². The van der Waals surface area contributed by atoms with Gasteiger partial charge in [0.15, 0.2) is 5.78 Å². The summed E-state index contributed by atoms with van der Waals surface area (Å²) >= 11 is 0. The van der Waals surface area contributed by atoms with Crippen molar-refractivity contribution >= 4 is 33.3 Å². The van der Waals surface area contributed by atoms with Crippen molar-refractivity contribution in [2.24, 2.45) is 0 Å². The fourth-order valence-electron chi connectivity index (χ4n) is 3.89. The molecule has 0 saturated carbocycles. The number of benzene rings is 2. The maximum absolute atomic E-state index is 13.7. The van der Waals surface area contributed by atoms with Crippen molar-refractivity contribution in [3.8, 4) is 0 Å². The third kappa shape index (κ3) is 7.91. The van der Waals surface area contributed by atoms with Gasteiger partial charge >= 0.3 is 0 Å². The highest BCUT2D eigenvalue weighted by Crippen LogP contribution is 2.22. The van der Waals surface area contributed by atoms with Gasteiger partial charge in [0.1, 0.15) is 12.6 Å². The molecule has 0 fully saturated rings. The number of hydrogen-bond acceptors (Lipinski definition) is 5. The molecule has 1 unspecified atom stereocenters. The van der Waals surface area contributed by atoms with E-state index in [1.807, 2.05) is 45.0 Å².